The summed E-state index contributed by atoms with van der Waals surface area (Å²) >= 11 is 3.05. The lowest BCUT2D eigenvalue weighted by molar-refractivity contribution is 0.0701. The molecule has 0 fully saturated rings. The van der Waals surface area contributed by atoms with E-state index in [0.717, 1.165) is 27.2 Å². The third kappa shape index (κ3) is 2.85. The van der Waals surface area contributed by atoms with Crippen LogP contribution < -0.4 is 0 Å². The number of rotatable bonds is 6. The first kappa shape index (κ1) is 13.4. The van der Waals surface area contributed by atoms with Gasteiger partial charge in [0.1, 0.15) is 4.88 Å². The maximum absolute atomic E-state index is 11.3. The molecule has 0 unspecified atom stereocenters. The first-order valence-corrected chi connectivity index (χ1v) is 7.51. The molecule has 1 heterocycles. The van der Waals surface area contributed by atoms with Gasteiger partial charge in [0.25, 0.3) is 0 Å². The van der Waals surface area contributed by atoms with E-state index < -0.39 is 5.97 Å². The van der Waals surface area contributed by atoms with Gasteiger partial charge in [0.05, 0.1) is 6.61 Å². The Balaban J connectivity index is 2.27. The largest absolute Gasteiger partial charge is 0.477 e. The quantitative estimate of drug-likeness (QED) is 0.824. The van der Waals surface area contributed by atoms with Crippen molar-refractivity contribution in [2.45, 2.75) is 5.75 Å². The molecule has 0 spiro atoms. The second-order valence-electron chi connectivity index (χ2n) is 3.76. The summed E-state index contributed by atoms with van der Waals surface area (Å²) in [7, 11) is 1.67. The molecule has 0 aliphatic rings. The Morgan fingerprint density at radius 2 is 2.22 bits per heavy atom. The van der Waals surface area contributed by atoms with E-state index in [9.17, 15) is 9.90 Å². The summed E-state index contributed by atoms with van der Waals surface area (Å²) in [5, 5.41) is 10.3. The second-order valence-corrected chi connectivity index (χ2v) is 5.91. The number of carboxylic acid groups (broad SMARTS) is 1. The molecule has 3 nitrogen and oxygen atoms in total. The Bertz CT molecular complexity index is 548. The van der Waals surface area contributed by atoms with Crippen LogP contribution in [0.5, 0.6) is 0 Å². The van der Waals surface area contributed by atoms with Gasteiger partial charge >= 0.3 is 5.97 Å². The van der Waals surface area contributed by atoms with E-state index >= 15 is 0 Å². The molecule has 0 aliphatic carbocycles. The van der Waals surface area contributed by atoms with Crippen molar-refractivity contribution < 1.29 is 14.6 Å². The fourth-order valence-electron chi connectivity index (χ4n) is 1.73. The molecule has 2 aromatic rings. The summed E-state index contributed by atoms with van der Waals surface area (Å²) in [6, 6.07) is 7.84. The number of aromatic carboxylic acids is 1. The SMILES string of the molecule is COCCSCc1c(C(=O)O)sc2ccccc12. The van der Waals surface area contributed by atoms with Crippen molar-refractivity contribution in [3.8, 4) is 0 Å². The predicted octanol–water partition coefficient (Wildman–Crippen LogP) is 3.48. The highest BCUT2D eigenvalue weighted by Gasteiger charge is 2.16. The lowest BCUT2D eigenvalue weighted by Crippen LogP contribution is -1.98. The van der Waals surface area contributed by atoms with Crippen LogP contribution in [0, 0.1) is 0 Å². The Hall–Kier alpha value is -1.04. The van der Waals surface area contributed by atoms with Crippen LogP contribution in [0.4, 0.5) is 0 Å². The van der Waals surface area contributed by atoms with Crippen LogP contribution in [-0.4, -0.2) is 30.5 Å². The number of hydrogen-bond acceptors (Lipinski definition) is 4. The lowest BCUT2D eigenvalue weighted by Gasteiger charge is -2.02. The fraction of sp³-hybridized carbons (Fsp3) is 0.308. The van der Waals surface area contributed by atoms with E-state index in [1.165, 1.54) is 11.3 Å². The van der Waals surface area contributed by atoms with Crippen molar-refractivity contribution in [1.82, 2.24) is 0 Å². The van der Waals surface area contributed by atoms with Gasteiger partial charge in [0.2, 0.25) is 0 Å². The topological polar surface area (TPSA) is 46.5 Å². The average molecular weight is 282 g/mol. The summed E-state index contributed by atoms with van der Waals surface area (Å²) in [5.74, 6) is 0.757. The number of methoxy groups -OCH3 is 1. The van der Waals surface area contributed by atoms with Gasteiger partial charge in [-0.1, -0.05) is 18.2 Å². The smallest absolute Gasteiger partial charge is 0.346 e. The molecular weight excluding hydrogens is 268 g/mol. The molecule has 0 atom stereocenters. The molecule has 18 heavy (non-hydrogen) atoms. The predicted molar refractivity (Wildman–Crippen MR) is 76.8 cm³/mol. The molecule has 0 amide bonds. The van der Waals surface area contributed by atoms with E-state index in [0.29, 0.717) is 11.5 Å². The highest BCUT2D eigenvalue weighted by atomic mass is 32.2. The van der Waals surface area contributed by atoms with E-state index in [2.05, 4.69) is 0 Å². The lowest BCUT2D eigenvalue weighted by atomic mass is 10.1. The zero-order chi connectivity index (χ0) is 13.0. The van der Waals surface area contributed by atoms with Gasteiger partial charge in [0.15, 0.2) is 0 Å². The number of fused-ring (bicyclic) bond motifs is 1. The summed E-state index contributed by atoms with van der Waals surface area (Å²) in [6.45, 7) is 0.690. The van der Waals surface area contributed by atoms with E-state index in [1.807, 2.05) is 24.3 Å². The zero-order valence-corrected chi connectivity index (χ0v) is 11.6. The van der Waals surface area contributed by atoms with Crippen molar-refractivity contribution in [1.29, 1.82) is 0 Å². The van der Waals surface area contributed by atoms with E-state index in [-0.39, 0.29) is 0 Å². The molecule has 1 aromatic heterocycles. The molecular formula is C13H14O3S2. The highest BCUT2D eigenvalue weighted by Crippen LogP contribution is 2.33. The second kappa shape index (κ2) is 6.22. The molecule has 0 aliphatic heterocycles. The molecule has 1 N–H and O–H groups in total. The Morgan fingerprint density at radius 1 is 1.44 bits per heavy atom. The van der Waals surface area contributed by atoms with Crippen LogP contribution in [0.3, 0.4) is 0 Å². The Morgan fingerprint density at radius 3 is 2.94 bits per heavy atom. The van der Waals surface area contributed by atoms with E-state index in [4.69, 9.17) is 4.74 Å². The van der Waals surface area contributed by atoms with Crippen LogP contribution in [-0.2, 0) is 10.5 Å². The van der Waals surface area contributed by atoms with Crippen molar-refractivity contribution in [3.05, 3.63) is 34.7 Å². The minimum Gasteiger partial charge on any atom is -0.477 e. The number of benzene rings is 1. The van der Waals surface area contributed by atoms with Gasteiger partial charge in [-0.25, -0.2) is 4.79 Å². The molecule has 96 valence electrons. The van der Waals surface area contributed by atoms with Crippen LogP contribution in [0.25, 0.3) is 10.1 Å². The number of thioether (sulfide) groups is 1. The average Bonchev–Trinajstić information content (AvgIpc) is 2.74. The number of carboxylic acids is 1. The summed E-state index contributed by atoms with van der Waals surface area (Å²) in [5.41, 5.74) is 0.934. The van der Waals surface area contributed by atoms with Crippen LogP contribution in [0.1, 0.15) is 15.2 Å². The minimum absolute atomic E-state index is 0.459. The molecule has 1 aromatic carbocycles. The first-order valence-electron chi connectivity index (χ1n) is 5.54. The summed E-state index contributed by atoms with van der Waals surface area (Å²) in [4.78, 5) is 11.7. The minimum atomic E-state index is -0.835. The number of thiophene rings is 1. The number of hydrogen-bond donors (Lipinski definition) is 1. The fourth-order valence-corrected chi connectivity index (χ4v) is 3.82. The third-order valence-corrected chi connectivity index (χ3v) is 4.72. The van der Waals surface area contributed by atoms with Gasteiger partial charge in [-0.05, 0) is 17.0 Å². The Kier molecular flexibility index (Phi) is 4.63. The third-order valence-electron chi connectivity index (χ3n) is 2.57. The van der Waals surface area contributed by atoms with Gasteiger partial charge in [-0.15, -0.1) is 11.3 Å². The van der Waals surface area contributed by atoms with Crippen molar-refractivity contribution in [2.75, 3.05) is 19.5 Å². The monoisotopic (exact) mass is 282 g/mol. The standard InChI is InChI=1S/C13H14O3S2/c1-16-6-7-17-8-10-9-4-2-3-5-11(9)18-12(10)13(14)15/h2-5H,6-8H2,1H3,(H,14,15). The molecule has 5 heteroatoms. The molecule has 2 rings (SSSR count). The molecule has 0 bridgehead atoms. The van der Waals surface area contributed by atoms with Crippen LogP contribution in [0.15, 0.2) is 24.3 Å². The normalized spacial score (nSPS) is 10.9. The van der Waals surface area contributed by atoms with Crippen molar-refractivity contribution in [3.63, 3.8) is 0 Å². The van der Waals surface area contributed by atoms with Crippen molar-refractivity contribution >= 4 is 39.2 Å². The van der Waals surface area contributed by atoms with Gasteiger partial charge in [0, 0.05) is 23.3 Å². The maximum atomic E-state index is 11.3. The van der Waals surface area contributed by atoms with Crippen LogP contribution >= 0.6 is 23.1 Å². The number of carbonyl (C=O) groups is 1. The molecule has 0 radical (unpaired) electrons. The highest BCUT2D eigenvalue weighted by molar-refractivity contribution is 7.98. The zero-order valence-electron chi connectivity index (χ0n) is 10.0. The van der Waals surface area contributed by atoms with Crippen molar-refractivity contribution in [2.24, 2.45) is 0 Å². The van der Waals surface area contributed by atoms with Gasteiger partial charge < -0.3 is 9.84 Å². The first-order chi connectivity index (χ1) is 8.74. The van der Waals surface area contributed by atoms with E-state index in [1.54, 1.807) is 18.9 Å². The van der Waals surface area contributed by atoms with Gasteiger partial charge in [-0.2, -0.15) is 11.8 Å². The summed E-state index contributed by atoms with van der Waals surface area (Å²) in [6.07, 6.45) is 0. The maximum Gasteiger partial charge on any atom is 0.346 e. The molecule has 0 saturated carbocycles. The number of ether oxygens (including phenoxy) is 1. The van der Waals surface area contributed by atoms with Gasteiger partial charge in [-0.3, -0.25) is 0 Å². The molecule has 0 saturated heterocycles. The van der Waals surface area contributed by atoms with Crippen LogP contribution in [0.2, 0.25) is 0 Å². The Labute approximate surface area is 114 Å². The summed E-state index contributed by atoms with van der Waals surface area (Å²) < 4.78 is 6.03.